The lowest BCUT2D eigenvalue weighted by Crippen LogP contribution is -2.36. The van der Waals surface area contributed by atoms with E-state index in [1.165, 1.54) is 25.7 Å². The van der Waals surface area contributed by atoms with Gasteiger partial charge in [0.1, 0.15) is 0 Å². The average molecular weight is 353 g/mol. The number of halogens is 1. The third-order valence-electron chi connectivity index (χ3n) is 4.56. The number of ether oxygens (including phenoxy) is 2. The van der Waals surface area contributed by atoms with Gasteiger partial charge in [-0.2, -0.15) is 0 Å². The molecule has 124 valence electrons. The number of rotatable bonds is 2. The molecule has 1 saturated carbocycles. The highest BCUT2D eigenvalue weighted by atomic mass is 35.5. The quantitative estimate of drug-likeness (QED) is 0.873. The SMILES string of the molecule is Clc1cc(CSC2=N[C@H]3CCCC[C@H]3N2)cc2c1OCCCO2. The van der Waals surface area contributed by atoms with Crippen LogP contribution in [0.25, 0.3) is 0 Å². The molecule has 1 aromatic carbocycles. The first-order valence-corrected chi connectivity index (χ1v) is 9.71. The molecule has 2 heterocycles. The number of nitrogens with zero attached hydrogens (tertiary/aromatic N) is 1. The molecule has 6 heteroatoms. The van der Waals surface area contributed by atoms with Gasteiger partial charge in [-0.15, -0.1) is 0 Å². The third kappa shape index (κ3) is 3.41. The van der Waals surface area contributed by atoms with Gasteiger partial charge in [0.15, 0.2) is 16.7 Å². The predicted octanol–water partition coefficient (Wildman–Crippen LogP) is 4.00. The molecule has 0 spiro atoms. The van der Waals surface area contributed by atoms with Crippen LogP contribution in [0.1, 0.15) is 37.7 Å². The van der Waals surface area contributed by atoms with Gasteiger partial charge in [0.2, 0.25) is 0 Å². The maximum absolute atomic E-state index is 6.35. The standard InChI is InChI=1S/C17H21ClN2O2S/c18-12-8-11(9-15-16(12)22-7-3-6-21-15)10-23-17-19-13-4-1-2-5-14(13)20-17/h8-9,13-14H,1-7,10H2,(H,19,20)/t13-,14+. The Balaban J connectivity index is 1.43. The second kappa shape index (κ2) is 6.81. The van der Waals surface area contributed by atoms with Crippen molar-refractivity contribution < 1.29 is 9.47 Å². The monoisotopic (exact) mass is 352 g/mol. The lowest BCUT2D eigenvalue weighted by atomic mass is 9.92. The van der Waals surface area contributed by atoms with Crippen molar-refractivity contribution >= 4 is 28.5 Å². The molecule has 1 aliphatic carbocycles. The summed E-state index contributed by atoms with van der Waals surface area (Å²) in [6.07, 6.45) is 5.98. The Bertz CT molecular complexity index is 623. The van der Waals surface area contributed by atoms with E-state index in [2.05, 4.69) is 5.32 Å². The van der Waals surface area contributed by atoms with Gasteiger partial charge in [0.25, 0.3) is 0 Å². The van der Waals surface area contributed by atoms with Crippen LogP contribution in [0.2, 0.25) is 5.02 Å². The molecule has 2 aliphatic heterocycles. The highest BCUT2D eigenvalue weighted by Crippen LogP contribution is 2.39. The topological polar surface area (TPSA) is 42.9 Å². The second-order valence-corrected chi connectivity index (χ2v) is 7.65. The number of hydrogen-bond donors (Lipinski definition) is 1. The molecule has 2 atom stereocenters. The van der Waals surface area contributed by atoms with Crippen LogP contribution in [0, 0.1) is 0 Å². The third-order valence-corrected chi connectivity index (χ3v) is 5.81. The summed E-state index contributed by atoms with van der Waals surface area (Å²) < 4.78 is 11.4. The van der Waals surface area contributed by atoms with E-state index in [9.17, 15) is 0 Å². The van der Waals surface area contributed by atoms with Gasteiger partial charge in [0, 0.05) is 12.2 Å². The Morgan fingerprint density at radius 1 is 1.17 bits per heavy atom. The summed E-state index contributed by atoms with van der Waals surface area (Å²) in [7, 11) is 0. The van der Waals surface area contributed by atoms with Gasteiger partial charge in [0.05, 0.1) is 30.3 Å². The Kier molecular flexibility index (Phi) is 4.58. The Hall–Kier alpha value is -1.07. The summed E-state index contributed by atoms with van der Waals surface area (Å²) in [4.78, 5) is 4.83. The number of thioether (sulfide) groups is 1. The fourth-order valence-corrected chi connectivity index (χ4v) is 4.58. The maximum atomic E-state index is 6.35. The molecule has 23 heavy (non-hydrogen) atoms. The summed E-state index contributed by atoms with van der Waals surface area (Å²) in [5, 5.41) is 5.28. The lowest BCUT2D eigenvalue weighted by Gasteiger charge is -2.23. The fraction of sp³-hybridized carbons (Fsp3) is 0.588. The van der Waals surface area contributed by atoms with E-state index < -0.39 is 0 Å². The van der Waals surface area contributed by atoms with E-state index >= 15 is 0 Å². The van der Waals surface area contributed by atoms with E-state index in [0.717, 1.165) is 28.7 Å². The minimum absolute atomic E-state index is 0.485. The van der Waals surface area contributed by atoms with Crippen LogP contribution >= 0.6 is 23.4 Å². The summed E-state index contributed by atoms with van der Waals surface area (Å²) in [5.74, 6) is 2.28. The average Bonchev–Trinajstić information content (AvgIpc) is 2.82. The number of fused-ring (bicyclic) bond motifs is 2. The predicted molar refractivity (Wildman–Crippen MR) is 95.0 cm³/mol. The molecule has 1 N–H and O–H groups in total. The molecule has 0 amide bonds. The van der Waals surface area contributed by atoms with Crippen LogP contribution < -0.4 is 14.8 Å². The molecule has 0 aromatic heterocycles. The number of benzene rings is 1. The van der Waals surface area contributed by atoms with Crippen molar-refractivity contribution in [2.75, 3.05) is 13.2 Å². The van der Waals surface area contributed by atoms with Crippen molar-refractivity contribution in [3.05, 3.63) is 22.7 Å². The van der Waals surface area contributed by atoms with E-state index in [0.29, 0.717) is 36.1 Å². The molecule has 1 fully saturated rings. The van der Waals surface area contributed by atoms with Crippen molar-refractivity contribution in [2.45, 2.75) is 49.9 Å². The molecule has 0 bridgehead atoms. The van der Waals surface area contributed by atoms with Crippen molar-refractivity contribution in [1.29, 1.82) is 0 Å². The summed E-state index contributed by atoms with van der Waals surface area (Å²) in [5.41, 5.74) is 1.14. The first kappa shape index (κ1) is 15.5. The molecule has 3 aliphatic rings. The van der Waals surface area contributed by atoms with Gasteiger partial charge >= 0.3 is 0 Å². The van der Waals surface area contributed by atoms with E-state index in [-0.39, 0.29) is 0 Å². The van der Waals surface area contributed by atoms with E-state index in [1.807, 2.05) is 12.1 Å². The molecule has 1 aromatic rings. The summed E-state index contributed by atoms with van der Waals surface area (Å²) in [6.45, 7) is 1.34. The van der Waals surface area contributed by atoms with Gasteiger partial charge in [-0.3, -0.25) is 4.99 Å². The zero-order valence-corrected chi connectivity index (χ0v) is 14.6. The van der Waals surface area contributed by atoms with Crippen LogP contribution in [0.15, 0.2) is 17.1 Å². The molecule has 4 rings (SSSR count). The fourth-order valence-electron chi connectivity index (χ4n) is 3.38. The Morgan fingerprint density at radius 2 is 2.04 bits per heavy atom. The highest BCUT2D eigenvalue weighted by Gasteiger charge is 2.30. The van der Waals surface area contributed by atoms with Crippen LogP contribution in [0.5, 0.6) is 11.5 Å². The van der Waals surface area contributed by atoms with Crippen LogP contribution in [-0.2, 0) is 5.75 Å². The molecule has 0 radical (unpaired) electrons. The van der Waals surface area contributed by atoms with E-state index in [1.54, 1.807) is 11.8 Å². The normalized spacial score (nSPS) is 26.0. The number of hydrogen-bond acceptors (Lipinski definition) is 5. The van der Waals surface area contributed by atoms with Crippen LogP contribution in [-0.4, -0.2) is 30.5 Å². The smallest absolute Gasteiger partial charge is 0.179 e. The van der Waals surface area contributed by atoms with Gasteiger partial charge in [-0.25, -0.2) is 0 Å². The van der Waals surface area contributed by atoms with Crippen molar-refractivity contribution in [2.24, 2.45) is 4.99 Å². The number of amidine groups is 1. The van der Waals surface area contributed by atoms with Crippen molar-refractivity contribution in [1.82, 2.24) is 5.32 Å². The van der Waals surface area contributed by atoms with Gasteiger partial charge < -0.3 is 14.8 Å². The number of nitrogens with one attached hydrogen (secondary N) is 1. The first-order chi connectivity index (χ1) is 11.3. The minimum Gasteiger partial charge on any atom is -0.489 e. The maximum Gasteiger partial charge on any atom is 0.179 e. The molecular weight excluding hydrogens is 332 g/mol. The molecule has 0 unspecified atom stereocenters. The van der Waals surface area contributed by atoms with Gasteiger partial charge in [-0.1, -0.05) is 36.2 Å². The Morgan fingerprint density at radius 3 is 2.96 bits per heavy atom. The van der Waals surface area contributed by atoms with Crippen molar-refractivity contribution in [3.63, 3.8) is 0 Å². The van der Waals surface area contributed by atoms with E-state index in [4.69, 9.17) is 26.1 Å². The zero-order chi connectivity index (χ0) is 15.6. The molecule has 4 nitrogen and oxygen atoms in total. The highest BCUT2D eigenvalue weighted by molar-refractivity contribution is 8.13. The van der Waals surface area contributed by atoms with Crippen LogP contribution in [0.3, 0.4) is 0 Å². The second-order valence-electron chi connectivity index (χ2n) is 6.28. The van der Waals surface area contributed by atoms with Crippen LogP contribution in [0.4, 0.5) is 0 Å². The van der Waals surface area contributed by atoms with Crippen molar-refractivity contribution in [3.8, 4) is 11.5 Å². The van der Waals surface area contributed by atoms with Gasteiger partial charge in [-0.05, 0) is 30.5 Å². The lowest BCUT2D eigenvalue weighted by molar-refractivity contribution is 0.297. The first-order valence-electron chi connectivity index (χ1n) is 8.35. The zero-order valence-electron chi connectivity index (χ0n) is 13.0. The molecule has 0 saturated heterocycles. The largest absolute Gasteiger partial charge is 0.489 e. The summed E-state index contributed by atoms with van der Waals surface area (Å²) in [6, 6.07) is 5.06. The molecular formula is C17H21ClN2O2S. The summed E-state index contributed by atoms with van der Waals surface area (Å²) >= 11 is 8.11. The number of aliphatic imine (C=N–C) groups is 1. The minimum atomic E-state index is 0.485. The Labute approximate surface area is 146 Å².